The number of fused-ring (bicyclic) bond motifs is 1. The van der Waals surface area contributed by atoms with Crippen molar-refractivity contribution < 1.29 is 19.1 Å². The van der Waals surface area contributed by atoms with Crippen LogP contribution in [0.1, 0.15) is 39.7 Å². The minimum Gasteiger partial charge on any atom is -0.496 e. The van der Waals surface area contributed by atoms with Gasteiger partial charge in [0, 0.05) is 15.5 Å². The summed E-state index contributed by atoms with van der Waals surface area (Å²) in [4.78, 5) is 27.7. The van der Waals surface area contributed by atoms with Crippen molar-refractivity contribution in [2.45, 2.75) is 31.1 Å². The molecule has 1 aliphatic carbocycles. The Morgan fingerprint density at radius 2 is 1.86 bits per heavy atom. The first-order valence-electron chi connectivity index (χ1n) is 11.5. The van der Waals surface area contributed by atoms with Gasteiger partial charge in [-0.15, -0.1) is 23.1 Å². The highest BCUT2D eigenvalue weighted by atomic mass is 32.2. The quantitative estimate of drug-likeness (QED) is 0.367. The van der Waals surface area contributed by atoms with Gasteiger partial charge in [-0.25, -0.2) is 0 Å². The number of methoxy groups -OCH3 is 2. The number of rotatable bonds is 8. The Hall–Kier alpha value is -3.48. The van der Waals surface area contributed by atoms with E-state index < -0.39 is 0 Å². The minimum absolute atomic E-state index is 0.170. The van der Waals surface area contributed by atoms with Gasteiger partial charge in [-0.1, -0.05) is 19.1 Å². The molecule has 2 amide bonds. The molecule has 186 valence electrons. The molecule has 0 aliphatic heterocycles. The molecule has 2 N–H and O–H groups in total. The third-order valence-electron chi connectivity index (χ3n) is 5.99. The van der Waals surface area contributed by atoms with Crippen molar-refractivity contribution in [2.75, 3.05) is 30.6 Å². The van der Waals surface area contributed by atoms with Gasteiger partial charge >= 0.3 is 0 Å². The molecular weight excluding hydrogens is 494 g/mol. The molecule has 1 aliphatic rings. The molecule has 9 heteroatoms. The van der Waals surface area contributed by atoms with Crippen LogP contribution >= 0.6 is 23.1 Å². The lowest BCUT2D eigenvalue weighted by Crippen LogP contribution is -2.15. The second kappa shape index (κ2) is 11.5. The van der Waals surface area contributed by atoms with Gasteiger partial charge in [-0.05, 0) is 61.1 Å². The van der Waals surface area contributed by atoms with Crippen molar-refractivity contribution >= 4 is 45.6 Å². The Labute approximate surface area is 218 Å². The molecule has 3 aromatic rings. The number of hydrogen-bond donors (Lipinski definition) is 2. The molecule has 0 fully saturated rings. The Balaban J connectivity index is 1.40. The fourth-order valence-electron chi connectivity index (χ4n) is 4.20. The number of nitriles is 1. The number of carbonyl (C=O) groups excluding carboxylic acids is 2. The highest BCUT2D eigenvalue weighted by Gasteiger charge is 2.24. The number of benzene rings is 2. The zero-order valence-electron chi connectivity index (χ0n) is 20.3. The van der Waals surface area contributed by atoms with Crippen LogP contribution < -0.4 is 20.1 Å². The molecule has 1 aromatic heterocycles. The molecule has 0 saturated carbocycles. The van der Waals surface area contributed by atoms with Crippen LogP contribution in [0.4, 0.5) is 10.7 Å². The summed E-state index contributed by atoms with van der Waals surface area (Å²) in [6.07, 6.45) is 2.91. The summed E-state index contributed by atoms with van der Waals surface area (Å²) in [6, 6.07) is 14.7. The van der Waals surface area contributed by atoms with Crippen molar-refractivity contribution in [2.24, 2.45) is 5.92 Å². The summed E-state index contributed by atoms with van der Waals surface area (Å²) < 4.78 is 10.6. The van der Waals surface area contributed by atoms with E-state index in [1.54, 1.807) is 24.3 Å². The summed E-state index contributed by atoms with van der Waals surface area (Å²) in [5.41, 5.74) is 2.60. The van der Waals surface area contributed by atoms with Gasteiger partial charge in [0.15, 0.2) is 0 Å². The second-order valence-corrected chi connectivity index (χ2v) is 10.7. The lowest BCUT2D eigenvalue weighted by Gasteiger charge is -2.17. The lowest BCUT2D eigenvalue weighted by atomic mass is 9.89. The van der Waals surface area contributed by atoms with Crippen molar-refractivity contribution in [3.05, 3.63) is 64.0 Å². The van der Waals surface area contributed by atoms with Gasteiger partial charge in [0.25, 0.3) is 5.91 Å². The lowest BCUT2D eigenvalue weighted by molar-refractivity contribution is -0.113. The number of anilines is 2. The van der Waals surface area contributed by atoms with E-state index >= 15 is 0 Å². The normalized spacial score (nSPS) is 14.3. The van der Waals surface area contributed by atoms with Crippen LogP contribution in [0.2, 0.25) is 0 Å². The van der Waals surface area contributed by atoms with E-state index in [2.05, 4.69) is 23.6 Å². The Morgan fingerprint density at radius 1 is 1.14 bits per heavy atom. The van der Waals surface area contributed by atoms with Crippen LogP contribution in [0.3, 0.4) is 0 Å². The predicted octanol–water partition coefficient (Wildman–Crippen LogP) is 5.74. The predicted molar refractivity (Wildman–Crippen MR) is 144 cm³/mol. The van der Waals surface area contributed by atoms with Gasteiger partial charge in [-0.3, -0.25) is 9.59 Å². The monoisotopic (exact) mass is 521 g/mol. The summed E-state index contributed by atoms with van der Waals surface area (Å²) in [7, 11) is 3.00. The Morgan fingerprint density at radius 3 is 2.56 bits per heavy atom. The van der Waals surface area contributed by atoms with Crippen LogP contribution in [0.25, 0.3) is 0 Å². The first-order chi connectivity index (χ1) is 17.4. The maximum Gasteiger partial charge on any atom is 0.263 e. The van der Waals surface area contributed by atoms with E-state index in [0.29, 0.717) is 39.2 Å². The van der Waals surface area contributed by atoms with Gasteiger partial charge in [0.05, 0.1) is 25.5 Å². The maximum absolute atomic E-state index is 13.0. The van der Waals surface area contributed by atoms with Crippen LogP contribution in [0.15, 0.2) is 47.4 Å². The van der Waals surface area contributed by atoms with E-state index in [1.807, 2.05) is 18.2 Å². The highest BCUT2D eigenvalue weighted by Crippen LogP contribution is 2.39. The van der Waals surface area contributed by atoms with E-state index in [0.717, 1.165) is 29.7 Å². The van der Waals surface area contributed by atoms with Gasteiger partial charge in [-0.2, -0.15) is 5.26 Å². The van der Waals surface area contributed by atoms with Crippen LogP contribution in [-0.4, -0.2) is 31.8 Å². The van der Waals surface area contributed by atoms with Crippen LogP contribution in [-0.2, 0) is 17.6 Å². The zero-order valence-corrected chi connectivity index (χ0v) is 22.0. The molecule has 0 saturated heterocycles. The standard InChI is InChI=1S/C27H27N3O4S2/c1-16-10-11-19-20(14-28)27(36-23(19)12-16)30-24(31)15-35-18-7-4-6-17(13-18)29-26(32)25-21(33-2)8-5-9-22(25)34-3/h4-9,13,16H,10-12,15H2,1-3H3,(H,29,32)(H,30,31). The smallest absolute Gasteiger partial charge is 0.263 e. The number of amides is 2. The molecule has 1 unspecified atom stereocenters. The van der Waals surface area contributed by atoms with Gasteiger partial charge < -0.3 is 20.1 Å². The molecule has 1 atom stereocenters. The molecule has 1 heterocycles. The molecule has 2 aromatic carbocycles. The number of ether oxygens (including phenoxy) is 2. The van der Waals surface area contributed by atoms with Crippen molar-refractivity contribution in [1.82, 2.24) is 0 Å². The molecule has 4 rings (SSSR count). The molecule has 0 spiro atoms. The average Bonchev–Trinajstić information content (AvgIpc) is 3.22. The largest absolute Gasteiger partial charge is 0.496 e. The summed E-state index contributed by atoms with van der Waals surface area (Å²) in [5, 5.41) is 16.1. The fraction of sp³-hybridized carbons (Fsp3) is 0.296. The molecule has 36 heavy (non-hydrogen) atoms. The number of thiophene rings is 1. The Kier molecular flexibility index (Phi) is 8.18. The third-order valence-corrected chi connectivity index (χ3v) is 8.16. The molecule has 0 bridgehead atoms. The number of thioether (sulfide) groups is 1. The number of nitrogens with zero attached hydrogens (tertiary/aromatic N) is 1. The fourth-order valence-corrected chi connectivity index (χ4v) is 6.33. The molecular formula is C27H27N3O4S2. The first kappa shape index (κ1) is 25.6. The first-order valence-corrected chi connectivity index (χ1v) is 13.3. The Bertz CT molecular complexity index is 1310. The minimum atomic E-state index is -0.357. The topological polar surface area (TPSA) is 100 Å². The molecule has 0 radical (unpaired) electrons. The van der Waals surface area contributed by atoms with Gasteiger partial charge in [0.1, 0.15) is 28.1 Å². The van der Waals surface area contributed by atoms with E-state index in [-0.39, 0.29) is 17.6 Å². The summed E-state index contributed by atoms with van der Waals surface area (Å²) in [5.74, 6) is 1.08. The zero-order chi connectivity index (χ0) is 25.7. The second-order valence-electron chi connectivity index (χ2n) is 8.52. The van der Waals surface area contributed by atoms with Gasteiger partial charge in [0.2, 0.25) is 5.91 Å². The van der Waals surface area contributed by atoms with E-state index in [9.17, 15) is 14.9 Å². The van der Waals surface area contributed by atoms with E-state index in [4.69, 9.17) is 9.47 Å². The number of nitrogens with one attached hydrogen (secondary N) is 2. The van der Waals surface area contributed by atoms with E-state index in [1.165, 1.54) is 42.2 Å². The molecule has 7 nitrogen and oxygen atoms in total. The average molecular weight is 522 g/mol. The van der Waals surface area contributed by atoms with Crippen LogP contribution in [0, 0.1) is 17.2 Å². The number of hydrogen-bond acceptors (Lipinski definition) is 7. The summed E-state index contributed by atoms with van der Waals surface area (Å²) >= 11 is 2.88. The SMILES string of the molecule is COc1cccc(OC)c1C(=O)Nc1cccc(SCC(=O)Nc2sc3c(c2C#N)CCC(C)C3)c1. The summed E-state index contributed by atoms with van der Waals surface area (Å²) in [6.45, 7) is 2.22. The van der Waals surface area contributed by atoms with Crippen molar-refractivity contribution in [1.29, 1.82) is 5.26 Å². The van der Waals surface area contributed by atoms with Crippen molar-refractivity contribution in [3.8, 4) is 17.6 Å². The highest BCUT2D eigenvalue weighted by molar-refractivity contribution is 8.00. The van der Waals surface area contributed by atoms with Crippen molar-refractivity contribution in [3.63, 3.8) is 0 Å². The van der Waals surface area contributed by atoms with Crippen LogP contribution in [0.5, 0.6) is 11.5 Å². The number of carbonyl (C=O) groups is 2. The third kappa shape index (κ3) is 5.66. The maximum atomic E-state index is 13.0.